The lowest BCUT2D eigenvalue weighted by Gasteiger charge is -2.46. The zero-order valence-electron chi connectivity index (χ0n) is 33.0. The number of imide groups is 1. The van der Waals surface area contributed by atoms with Gasteiger partial charge in [-0.25, -0.2) is 9.69 Å². The van der Waals surface area contributed by atoms with E-state index >= 15 is 4.79 Å². The minimum absolute atomic E-state index is 0.0164. The van der Waals surface area contributed by atoms with Gasteiger partial charge in [-0.1, -0.05) is 121 Å². The number of benzene rings is 5. The molecule has 4 amide bonds. The largest absolute Gasteiger partial charge is 0.508 e. The summed E-state index contributed by atoms with van der Waals surface area (Å²) in [5.74, 6) is 2.73. The molecule has 10 heteroatoms. The number of nitrogens with one attached hydrogen (secondary N) is 1. The quantitative estimate of drug-likeness (QED) is 0.117. The monoisotopic (exact) mass is 796 g/mol. The lowest BCUT2D eigenvalue weighted by molar-refractivity contribution is -0.178. The number of anilines is 1. The molecule has 1 aliphatic carbocycles. The van der Waals surface area contributed by atoms with Crippen molar-refractivity contribution in [3.63, 3.8) is 0 Å². The predicted octanol–water partition coefficient (Wildman–Crippen LogP) is 7.87. The molecule has 1 spiro atoms. The van der Waals surface area contributed by atoms with Crippen LogP contribution in [0.4, 0.5) is 10.5 Å². The molecule has 0 unspecified atom stereocenters. The van der Waals surface area contributed by atoms with Gasteiger partial charge in [0.05, 0.1) is 29.7 Å². The van der Waals surface area contributed by atoms with E-state index in [0.717, 1.165) is 47.3 Å². The van der Waals surface area contributed by atoms with E-state index in [0.29, 0.717) is 22.3 Å². The van der Waals surface area contributed by atoms with Crippen LogP contribution in [0.25, 0.3) is 0 Å². The molecule has 300 valence electrons. The Morgan fingerprint density at radius 1 is 0.817 bits per heavy atom. The number of esters is 1. The summed E-state index contributed by atoms with van der Waals surface area (Å²) in [6.45, 7) is 1.83. The van der Waals surface area contributed by atoms with Crippen LogP contribution in [0.1, 0.15) is 90.2 Å². The van der Waals surface area contributed by atoms with E-state index in [1.165, 1.54) is 12.1 Å². The second kappa shape index (κ2) is 15.7. The highest BCUT2D eigenvalue weighted by Crippen LogP contribution is 2.65. The lowest BCUT2D eigenvalue weighted by atomic mass is 9.65. The Morgan fingerprint density at radius 2 is 1.48 bits per heavy atom. The van der Waals surface area contributed by atoms with Gasteiger partial charge in [-0.15, -0.1) is 0 Å². The van der Waals surface area contributed by atoms with Crippen LogP contribution in [0, 0.1) is 17.8 Å². The number of carbonyl (C=O) groups is 4. The Kier molecular flexibility index (Phi) is 10.1. The summed E-state index contributed by atoms with van der Waals surface area (Å²) in [7, 11) is 0. The van der Waals surface area contributed by atoms with Crippen molar-refractivity contribution < 1.29 is 29.0 Å². The molecule has 0 bridgehead atoms. The number of rotatable bonds is 6. The van der Waals surface area contributed by atoms with Crippen LogP contribution >= 0.6 is 0 Å². The number of nitrogens with two attached hydrogens (primary N) is 1. The van der Waals surface area contributed by atoms with Gasteiger partial charge in [0.25, 0.3) is 0 Å². The summed E-state index contributed by atoms with van der Waals surface area (Å²) in [6.07, 6.45) is 5.24. The number of fused-ring (bicyclic) bond motifs is 3. The van der Waals surface area contributed by atoms with Gasteiger partial charge in [0, 0.05) is 5.56 Å². The van der Waals surface area contributed by atoms with E-state index in [2.05, 4.69) is 23.2 Å². The van der Waals surface area contributed by atoms with Gasteiger partial charge < -0.3 is 20.9 Å². The molecule has 3 aliphatic heterocycles. The summed E-state index contributed by atoms with van der Waals surface area (Å²) in [6, 6.07) is 35.5. The summed E-state index contributed by atoms with van der Waals surface area (Å²) in [4.78, 5) is 63.1. The first-order valence-corrected chi connectivity index (χ1v) is 20.4. The van der Waals surface area contributed by atoms with Crippen molar-refractivity contribution >= 4 is 29.5 Å². The number of amides is 4. The minimum Gasteiger partial charge on any atom is -0.508 e. The van der Waals surface area contributed by atoms with Crippen LogP contribution in [-0.4, -0.2) is 39.9 Å². The van der Waals surface area contributed by atoms with Crippen molar-refractivity contribution in [3.05, 3.63) is 178 Å². The maximum Gasteiger partial charge on any atom is 0.329 e. The third-order valence-electron chi connectivity index (χ3n) is 12.5. The van der Waals surface area contributed by atoms with Crippen molar-refractivity contribution in [2.24, 2.45) is 11.7 Å². The van der Waals surface area contributed by atoms with Gasteiger partial charge in [-0.3, -0.25) is 19.3 Å². The van der Waals surface area contributed by atoms with Crippen molar-refractivity contribution in [2.75, 3.05) is 4.90 Å². The molecule has 5 aromatic carbocycles. The third kappa shape index (κ3) is 6.42. The molecule has 4 aliphatic rings. The number of nitrogens with zero attached hydrogens (tertiary/aromatic N) is 2. The number of phenols is 1. The van der Waals surface area contributed by atoms with Crippen LogP contribution in [0.5, 0.6) is 5.75 Å². The molecule has 2 fully saturated rings. The number of urea groups is 1. The molecule has 5 aromatic rings. The first-order chi connectivity index (χ1) is 29.2. The molecule has 60 heavy (non-hydrogen) atoms. The fraction of sp³-hybridized carbons (Fsp3) is 0.240. The Bertz CT molecular complexity index is 2570. The highest BCUT2D eigenvalue weighted by atomic mass is 16.6. The number of carbonyl (C=O) groups excluding carboxylic acids is 4. The lowest BCUT2D eigenvalue weighted by Crippen LogP contribution is -2.55. The van der Waals surface area contributed by atoms with Crippen LogP contribution in [-0.2, 0) is 24.5 Å². The second-order valence-electron chi connectivity index (χ2n) is 15.9. The Hall–Kier alpha value is -6.96. The smallest absolute Gasteiger partial charge is 0.329 e. The molecular formula is C50H44N4O6. The minimum atomic E-state index is -1.96. The molecule has 9 rings (SSSR count). The number of hydrogen-bond acceptors (Lipinski definition) is 7. The molecule has 10 nitrogen and oxygen atoms in total. The van der Waals surface area contributed by atoms with Crippen molar-refractivity contribution in [3.8, 4) is 17.6 Å². The van der Waals surface area contributed by atoms with Gasteiger partial charge >= 0.3 is 12.0 Å². The zero-order chi connectivity index (χ0) is 41.5. The van der Waals surface area contributed by atoms with E-state index in [1.807, 2.05) is 103 Å². The Morgan fingerprint density at radius 3 is 2.13 bits per heavy atom. The Balaban J connectivity index is 1.31. The number of aromatic hydroxyl groups is 1. The van der Waals surface area contributed by atoms with Crippen molar-refractivity contribution in [1.82, 2.24) is 10.2 Å². The van der Waals surface area contributed by atoms with E-state index < -0.39 is 65.4 Å². The normalized spacial score (nSPS) is 25.0. The molecule has 0 radical (unpaired) electrons. The van der Waals surface area contributed by atoms with Crippen LogP contribution < -0.4 is 16.0 Å². The summed E-state index contributed by atoms with van der Waals surface area (Å²) < 4.78 is 6.41. The average Bonchev–Trinajstić information content (AvgIpc) is 3.73. The average molecular weight is 797 g/mol. The first-order valence-electron chi connectivity index (χ1n) is 20.4. The van der Waals surface area contributed by atoms with Crippen LogP contribution in [0.15, 0.2) is 145 Å². The fourth-order valence-corrected chi connectivity index (χ4v) is 9.85. The predicted molar refractivity (Wildman–Crippen MR) is 226 cm³/mol. The summed E-state index contributed by atoms with van der Waals surface area (Å²) >= 11 is 0. The number of phenolic OH excluding ortho intramolecular Hbond substituents is 1. The standard InChI is InChI=1S/C50H44N4O6/c1-31(34-16-8-3-9-17-34)52-49(59)53-40-29-24-33(23-22-32-14-6-2-7-15-32)30-39(40)50(48(53)58)41(46(51)56)43-47(57)60-44(36-20-12-5-13-21-36)42(35-18-10-4-11-19-35)54(43)45(50)37-25-27-38(55)28-26-37/h3-5,8-14,16-21,24-31,41-45,55H,2,6-7,15H2,1H3,(H2,51,56)(H,52,59)/t31-,41+,42+,43+,44-,45-,50+/m1/s1. The molecule has 0 saturated carbocycles. The van der Waals surface area contributed by atoms with Crippen molar-refractivity contribution in [2.45, 2.75) is 68.3 Å². The molecule has 7 atom stereocenters. The number of primary amides is 1. The third-order valence-corrected chi connectivity index (χ3v) is 12.5. The van der Waals surface area contributed by atoms with Gasteiger partial charge in [-0.05, 0) is 96.3 Å². The molecule has 2 saturated heterocycles. The van der Waals surface area contributed by atoms with E-state index in [9.17, 15) is 19.5 Å². The number of allylic oxidation sites excluding steroid dienone is 2. The van der Waals surface area contributed by atoms with Gasteiger partial charge in [-0.2, -0.15) is 0 Å². The highest BCUT2D eigenvalue weighted by Gasteiger charge is 2.75. The van der Waals surface area contributed by atoms with Crippen LogP contribution in [0.3, 0.4) is 0 Å². The topological polar surface area (TPSA) is 142 Å². The van der Waals surface area contributed by atoms with E-state index in [4.69, 9.17) is 10.5 Å². The molecule has 0 aromatic heterocycles. The maximum atomic E-state index is 16.1. The van der Waals surface area contributed by atoms with E-state index in [-0.39, 0.29) is 11.4 Å². The number of hydrogen-bond donors (Lipinski definition) is 3. The van der Waals surface area contributed by atoms with Gasteiger partial charge in [0.1, 0.15) is 23.3 Å². The first kappa shape index (κ1) is 38.6. The maximum absolute atomic E-state index is 16.1. The van der Waals surface area contributed by atoms with Crippen LogP contribution in [0.2, 0.25) is 0 Å². The number of morpholine rings is 1. The zero-order valence-corrected chi connectivity index (χ0v) is 33.0. The number of ether oxygens (including phenoxy) is 1. The SMILES string of the molecule is C[C@@H](NC(=O)N1C(=O)[C@@]2(c3cc(C#CC4=CCCCC4)ccc31)[C@H](C(N)=O)[C@H]1C(=O)O[C@H](c3ccccc3)[C@H](c3ccccc3)N1[C@@H]2c1ccc(O)cc1)c1ccccc1. The summed E-state index contributed by atoms with van der Waals surface area (Å²) in [5.41, 5.74) is 9.53. The summed E-state index contributed by atoms with van der Waals surface area (Å²) in [5, 5.41) is 13.6. The molecule has 3 heterocycles. The highest BCUT2D eigenvalue weighted by molar-refractivity contribution is 6.24. The fourth-order valence-electron chi connectivity index (χ4n) is 9.85. The second-order valence-corrected chi connectivity index (χ2v) is 15.9. The van der Waals surface area contributed by atoms with Gasteiger partial charge in [0.2, 0.25) is 11.8 Å². The van der Waals surface area contributed by atoms with Gasteiger partial charge in [0.15, 0.2) is 0 Å². The Labute approximate surface area is 348 Å². The number of cyclic esters (lactones) is 1. The molecule has 4 N–H and O–H groups in total. The van der Waals surface area contributed by atoms with E-state index in [1.54, 1.807) is 30.3 Å². The molecular weight excluding hydrogens is 753 g/mol. The van der Waals surface area contributed by atoms with Crippen molar-refractivity contribution in [1.29, 1.82) is 0 Å².